The van der Waals surface area contributed by atoms with Gasteiger partial charge in [-0.15, -0.1) is 0 Å². The zero-order valence-corrected chi connectivity index (χ0v) is 13.9. The van der Waals surface area contributed by atoms with Gasteiger partial charge in [-0.05, 0) is 60.9 Å². The zero-order valence-electron chi connectivity index (χ0n) is 13.1. The standard InChI is InChI=1S/C18H17N3O2S/c22-18(23)13-3-5-15(6-4-13)21-17-14(11-20-21)8-12(10-19-17)9-16-2-1-7-24-16/h3-6,8,10-11,16H,1-2,7,9H2,(H,22,23). The SMILES string of the molecule is O=C(O)c1ccc(-n2ncc3cc(CC4CCCS4)cnc32)cc1. The van der Waals surface area contributed by atoms with Crippen LogP contribution in [0.25, 0.3) is 16.7 Å². The Morgan fingerprint density at radius 2 is 2.12 bits per heavy atom. The first-order valence-corrected chi connectivity index (χ1v) is 9.03. The van der Waals surface area contributed by atoms with Gasteiger partial charge in [0.2, 0.25) is 0 Å². The van der Waals surface area contributed by atoms with Gasteiger partial charge in [0.15, 0.2) is 5.65 Å². The first kappa shape index (κ1) is 15.2. The summed E-state index contributed by atoms with van der Waals surface area (Å²) in [6.07, 6.45) is 7.42. The van der Waals surface area contributed by atoms with E-state index in [4.69, 9.17) is 5.11 Å². The van der Waals surface area contributed by atoms with Gasteiger partial charge in [-0.25, -0.2) is 14.5 Å². The second-order valence-corrected chi connectivity index (χ2v) is 7.41. The number of carbonyl (C=O) groups is 1. The molecule has 1 N–H and O–H groups in total. The van der Waals surface area contributed by atoms with Crippen molar-refractivity contribution in [3.63, 3.8) is 0 Å². The number of hydrogen-bond donors (Lipinski definition) is 1. The van der Waals surface area contributed by atoms with E-state index in [2.05, 4.69) is 27.9 Å². The first-order valence-electron chi connectivity index (χ1n) is 7.99. The Balaban J connectivity index is 1.63. The Morgan fingerprint density at radius 3 is 2.83 bits per heavy atom. The number of carboxylic acid groups (broad SMARTS) is 1. The van der Waals surface area contributed by atoms with Crippen LogP contribution in [0.3, 0.4) is 0 Å². The van der Waals surface area contributed by atoms with Gasteiger partial charge in [-0.1, -0.05) is 0 Å². The molecule has 1 atom stereocenters. The number of nitrogens with zero attached hydrogens (tertiary/aromatic N) is 3. The number of benzene rings is 1. The molecule has 4 rings (SSSR count). The average molecular weight is 339 g/mol. The van der Waals surface area contributed by atoms with Crippen LogP contribution in [0.4, 0.5) is 0 Å². The fourth-order valence-electron chi connectivity index (χ4n) is 3.08. The number of thioether (sulfide) groups is 1. The van der Waals surface area contributed by atoms with E-state index in [0.717, 1.165) is 23.1 Å². The molecule has 3 aromatic rings. The van der Waals surface area contributed by atoms with Crippen molar-refractivity contribution in [1.82, 2.24) is 14.8 Å². The van der Waals surface area contributed by atoms with Crippen LogP contribution in [0, 0.1) is 0 Å². The van der Waals surface area contributed by atoms with Gasteiger partial charge < -0.3 is 5.11 Å². The van der Waals surface area contributed by atoms with Crippen molar-refractivity contribution in [2.75, 3.05) is 5.75 Å². The van der Waals surface area contributed by atoms with Gasteiger partial charge in [0.25, 0.3) is 0 Å². The maximum atomic E-state index is 11.0. The van der Waals surface area contributed by atoms with E-state index in [0.29, 0.717) is 5.25 Å². The summed E-state index contributed by atoms with van der Waals surface area (Å²) in [5.41, 5.74) is 3.12. The minimum absolute atomic E-state index is 0.263. The van der Waals surface area contributed by atoms with Crippen LogP contribution in [0.5, 0.6) is 0 Å². The maximum Gasteiger partial charge on any atom is 0.335 e. The Kier molecular flexibility index (Phi) is 3.98. The predicted octanol–water partition coefficient (Wildman–Crippen LogP) is 3.56. The second kappa shape index (κ2) is 6.28. The molecule has 0 aliphatic carbocycles. The molecule has 0 radical (unpaired) electrons. The van der Waals surface area contributed by atoms with Crippen molar-refractivity contribution in [3.05, 3.63) is 53.9 Å². The minimum atomic E-state index is -0.931. The van der Waals surface area contributed by atoms with Crippen LogP contribution in [0.1, 0.15) is 28.8 Å². The van der Waals surface area contributed by atoms with Gasteiger partial charge in [0, 0.05) is 16.8 Å². The highest BCUT2D eigenvalue weighted by Gasteiger charge is 2.17. The van der Waals surface area contributed by atoms with Crippen molar-refractivity contribution >= 4 is 28.8 Å². The third kappa shape index (κ3) is 2.89. The van der Waals surface area contributed by atoms with Crippen molar-refractivity contribution in [1.29, 1.82) is 0 Å². The number of aromatic carboxylic acids is 1. The minimum Gasteiger partial charge on any atom is -0.478 e. The Labute approximate surface area is 143 Å². The van der Waals surface area contributed by atoms with Crippen LogP contribution >= 0.6 is 11.8 Å². The second-order valence-electron chi connectivity index (χ2n) is 6.00. The summed E-state index contributed by atoms with van der Waals surface area (Å²) in [6.45, 7) is 0. The molecule has 6 heteroatoms. The van der Waals surface area contributed by atoms with Gasteiger partial charge in [-0.3, -0.25) is 0 Å². The topological polar surface area (TPSA) is 68.0 Å². The number of fused-ring (bicyclic) bond motifs is 1. The zero-order chi connectivity index (χ0) is 16.5. The lowest BCUT2D eigenvalue weighted by Crippen LogP contribution is -2.03. The van der Waals surface area contributed by atoms with Crippen LogP contribution in [0.15, 0.2) is 42.7 Å². The lowest BCUT2D eigenvalue weighted by molar-refractivity contribution is 0.0697. The van der Waals surface area contributed by atoms with Crippen molar-refractivity contribution in [2.24, 2.45) is 0 Å². The third-order valence-corrected chi connectivity index (χ3v) is 5.71. The molecule has 0 saturated carbocycles. The maximum absolute atomic E-state index is 11.0. The van der Waals surface area contributed by atoms with Crippen LogP contribution in [-0.2, 0) is 6.42 Å². The van der Waals surface area contributed by atoms with E-state index in [1.807, 2.05) is 12.4 Å². The first-order chi connectivity index (χ1) is 11.7. The van der Waals surface area contributed by atoms with Gasteiger partial charge in [0.05, 0.1) is 17.4 Å². The molecule has 3 heterocycles. The molecule has 1 aromatic carbocycles. The summed E-state index contributed by atoms with van der Waals surface area (Å²) in [4.78, 5) is 15.5. The summed E-state index contributed by atoms with van der Waals surface area (Å²) < 4.78 is 1.75. The van der Waals surface area contributed by atoms with Crippen LogP contribution in [-0.4, -0.2) is 36.8 Å². The molecule has 2 aromatic heterocycles. The summed E-state index contributed by atoms with van der Waals surface area (Å²) in [5, 5.41) is 15.1. The molecule has 122 valence electrons. The fraction of sp³-hybridized carbons (Fsp3) is 0.278. The third-order valence-electron chi connectivity index (χ3n) is 4.31. The summed E-state index contributed by atoms with van der Waals surface area (Å²) in [5.74, 6) is 0.337. The number of pyridine rings is 1. The molecular formula is C18H17N3O2S. The molecular weight excluding hydrogens is 322 g/mol. The highest BCUT2D eigenvalue weighted by Crippen LogP contribution is 2.29. The van der Waals surface area contributed by atoms with Gasteiger partial charge in [0.1, 0.15) is 0 Å². The quantitative estimate of drug-likeness (QED) is 0.787. The molecule has 1 unspecified atom stereocenters. The Bertz CT molecular complexity index is 883. The van der Waals surface area contributed by atoms with Crippen LogP contribution < -0.4 is 0 Å². The molecule has 0 spiro atoms. The monoisotopic (exact) mass is 339 g/mol. The molecule has 1 aliphatic rings. The number of aromatic nitrogens is 3. The number of carboxylic acids is 1. The lowest BCUT2D eigenvalue weighted by atomic mass is 10.1. The van der Waals surface area contributed by atoms with E-state index in [1.165, 1.54) is 24.2 Å². The summed E-state index contributed by atoms with van der Waals surface area (Å²) in [7, 11) is 0. The average Bonchev–Trinajstić information content (AvgIpc) is 3.24. The highest BCUT2D eigenvalue weighted by molar-refractivity contribution is 8.00. The van der Waals surface area contributed by atoms with E-state index < -0.39 is 5.97 Å². The lowest BCUT2D eigenvalue weighted by Gasteiger charge is -2.08. The van der Waals surface area contributed by atoms with E-state index in [-0.39, 0.29) is 5.56 Å². The Morgan fingerprint density at radius 1 is 1.29 bits per heavy atom. The normalized spacial score (nSPS) is 17.4. The highest BCUT2D eigenvalue weighted by atomic mass is 32.2. The molecule has 0 bridgehead atoms. The predicted molar refractivity (Wildman–Crippen MR) is 95.0 cm³/mol. The molecule has 0 amide bonds. The fourth-order valence-corrected chi connectivity index (χ4v) is 4.39. The van der Waals surface area contributed by atoms with Crippen LogP contribution in [0.2, 0.25) is 0 Å². The summed E-state index contributed by atoms with van der Waals surface area (Å²) in [6, 6.07) is 8.82. The molecule has 5 nitrogen and oxygen atoms in total. The molecule has 1 fully saturated rings. The van der Waals surface area contributed by atoms with Gasteiger partial charge >= 0.3 is 5.97 Å². The Hall–Kier alpha value is -2.34. The summed E-state index contributed by atoms with van der Waals surface area (Å²) >= 11 is 2.05. The molecule has 1 saturated heterocycles. The molecule has 24 heavy (non-hydrogen) atoms. The van der Waals surface area contributed by atoms with Crippen molar-refractivity contribution in [3.8, 4) is 5.69 Å². The molecule has 1 aliphatic heterocycles. The van der Waals surface area contributed by atoms with E-state index in [1.54, 1.807) is 28.9 Å². The number of hydrogen-bond acceptors (Lipinski definition) is 4. The van der Waals surface area contributed by atoms with E-state index >= 15 is 0 Å². The largest absolute Gasteiger partial charge is 0.478 e. The van der Waals surface area contributed by atoms with Crippen molar-refractivity contribution in [2.45, 2.75) is 24.5 Å². The number of rotatable bonds is 4. The smallest absolute Gasteiger partial charge is 0.335 e. The van der Waals surface area contributed by atoms with E-state index in [9.17, 15) is 4.79 Å². The van der Waals surface area contributed by atoms with Crippen molar-refractivity contribution < 1.29 is 9.90 Å². The van der Waals surface area contributed by atoms with Gasteiger partial charge in [-0.2, -0.15) is 16.9 Å².